The zero-order chi connectivity index (χ0) is 15.4. The fourth-order valence-electron chi connectivity index (χ4n) is 2.11. The highest BCUT2D eigenvalue weighted by atomic mass is 16.4. The number of aromatic nitrogens is 2. The minimum atomic E-state index is -1.10. The molecule has 21 heavy (non-hydrogen) atoms. The van der Waals surface area contributed by atoms with Crippen molar-refractivity contribution in [3.8, 4) is 0 Å². The topological polar surface area (TPSA) is 84.2 Å². The van der Waals surface area contributed by atoms with E-state index in [0.717, 1.165) is 0 Å². The van der Waals surface area contributed by atoms with Crippen molar-refractivity contribution in [2.45, 2.75) is 26.4 Å². The van der Waals surface area contributed by atoms with E-state index >= 15 is 0 Å². The molecule has 1 aromatic heterocycles. The largest absolute Gasteiger partial charge is 0.479 e. The summed E-state index contributed by atoms with van der Waals surface area (Å²) in [7, 11) is 0. The Bertz CT molecular complexity index is 649. The third-order valence-corrected chi connectivity index (χ3v) is 3.09. The predicted molar refractivity (Wildman–Crippen MR) is 76.9 cm³/mol. The van der Waals surface area contributed by atoms with Crippen LogP contribution in [-0.2, 0) is 11.3 Å². The van der Waals surface area contributed by atoms with E-state index < -0.39 is 17.9 Å². The third kappa shape index (κ3) is 3.28. The van der Waals surface area contributed by atoms with Gasteiger partial charge in [0, 0.05) is 6.54 Å². The number of carboxylic acids is 1. The van der Waals surface area contributed by atoms with Crippen molar-refractivity contribution in [1.82, 2.24) is 15.1 Å². The Morgan fingerprint density at radius 3 is 2.57 bits per heavy atom. The highest BCUT2D eigenvalue weighted by molar-refractivity contribution is 5.95. The summed E-state index contributed by atoms with van der Waals surface area (Å²) in [6.45, 7) is 4.20. The van der Waals surface area contributed by atoms with Crippen molar-refractivity contribution in [1.29, 1.82) is 0 Å². The van der Waals surface area contributed by atoms with Crippen molar-refractivity contribution in [3.63, 3.8) is 0 Å². The molecule has 0 radical (unpaired) electrons. The van der Waals surface area contributed by atoms with E-state index in [-0.39, 0.29) is 0 Å². The molecule has 0 aliphatic carbocycles. The third-order valence-electron chi connectivity index (χ3n) is 3.09. The van der Waals surface area contributed by atoms with E-state index in [2.05, 4.69) is 10.4 Å². The van der Waals surface area contributed by atoms with Crippen LogP contribution in [0.15, 0.2) is 36.4 Å². The highest BCUT2D eigenvalue weighted by Gasteiger charge is 2.24. The average molecular weight is 287 g/mol. The van der Waals surface area contributed by atoms with E-state index in [1.54, 1.807) is 48.0 Å². The van der Waals surface area contributed by atoms with Crippen molar-refractivity contribution in [2.75, 3.05) is 0 Å². The Kier molecular flexibility index (Phi) is 4.37. The van der Waals surface area contributed by atoms with Gasteiger partial charge in [-0.1, -0.05) is 30.3 Å². The number of nitrogens with zero attached hydrogens (tertiary/aromatic N) is 2. The van der Waals surface area contributed by atoms with Crippen LogP contribution in [-0.4, -0.2) is 26.8 Å². The van der Waals surface area contributed by atoms with Crippen molar-refractivity contribution < 1.29 is 14.7 Å². The Balaban J connectivity index is 2.25. The summed E-state index contributed by atoms with van der Waals surface area (Å²) >= 11 is 0. The molecule has 110 valence electrons. The number of carboxylic acid groups (broad SMARTS) is 1. The molecule has 0 saturated heterocycles. The van der Waals surface area contributed by atoms with Gasteiger partial charge in [0.15, 0.2) is 6.04 Å². The molecular weight excluding hydrogens is 270 g/mol. The van der Waals surface area contributed by atoms with Crippen LogP contribution in [0, 0.1) is 6.92 Å². The maximum atomic E-state index is 12.3. The van der Waals surface area contributed by atoms with E-state index in [1.165, 1.54) is 0 Å². The van der Waals surface area contributed by atoms with Gasteiger partial charge in [0.25, 0.3) is 5.91 Å². The number of benzene rings is 1. The number of hydrogen-bond acceptors (Lipinski definition) is 3. The number of hydrogen-bond donors (Lipinski definition) is 2. The first kappa shape index (κ1) is 14.8. The SMILES string of the molecule is CCn1nc(C)cc1C(=O)N[C@@H](C(=O)O)c1ccccc1. The van der Waals surface area contributed by atoms with Crippen LogP contribution >= 0.6 is 0 Å². The summed E-state index contributed by atoms with van der Waals surface area (Å²) in [6, 6.07) is 9.15. The number of nitrogens with one attached hydrogen (secondary N) is 1. The molecule has 0 spiro atoms. The van der Waals surface area contributed by atoms with Gasteiger partial charge in [0.2, 0.25) is 0 Å². The maximum absolute atomic E-state index is 12.3. The standard InChI is InChI=1S/C15H17N3O3/c1-3-18-12(9-10(2)17-18)14(19)16-13(15(20)21)11-7-5-4-6-8-11/h4-9,13H,3H2,1-2H3,(H,16,19)(H,20,21)/t13-/m1/s1. The minimum Gasteiger partial charge on any atom is -0.479 e. The van der Waals surface area contributed by atoms with Crippen LogP contribution in [0.1, 0.15) is 34.7 Å². The summed E-state index contributed by atoms with van der Waals surface area (Å²) in [5.74, 6) is -1.55. The molecular formula is C15H17N3O3. The van der Waals surface area contributed by atoms with Gasteiger partial charge in [-0.05, 0) is 25.5 Å². The van der Waals surface area contributed by atoms with Gasteiger partial charge in [0.1, 0.15) is 5.69 Å². The molecule has 6 nitrogen and oxygen atoms in total. The summed E-state index contributed by atoms with van der Waals surface area (Å²) in [6.07, 6.45) is 0. The predicted octanol–water partition coefficient (Wildman–Crippen LogP) is 1.77. The van der Waals surface area contributed by atoms with Crippen molar-refractivity contribution in [3.05, 3.63) is 53.3 Å². The quantitative estimate of drug-likeness (QED) is 0.877. The van der Waals surface area contributed by atoms with Gasteiger partial charge in [-0.2, -0.15) is 5.10 Å². The zero-order valence-corrected chi connectivity index (χ0v) is 11.9. The van der Waals surface area contributed by atoms with Gasteiger partial charge in [0.05, 0.1) is 5.69 Å². The second-order valence-corrected chi connectivity index (χ2v) is 4.64. The molecule has 0 bridgehead atoms. The Morgan fingerprint density at radius 1 is 1.33 bits per heavy atom. The Labute approximate surface area is 122 Å². The maximum Gasteiger partial charge on any atom is 0.330 e. The lowest BCUT2D eigenvalue weighted by Gasteiger charge is -2.15. The average Bonchev–Trinajstić information content (AvgIpc) is 2.86. The lowest BCUT2D eigenvalue weighted by atomic mass is 10.1. The smallest absolute Gasteiger partial charge is 0.330 e. The van der Waals surface area contributed by atoms with Gasteiger partial charge in [-0.15, -0.1) is 0 Å². The lowest BCUT2D eigenvalue weighted by Crippen LogP contribution is -2.34. The summed E-state index contributed by atoms with van der Waals surface area (Å²) in [5, 5.41) is 16.0. The van der Waals surface area contributed by atoms with Crippen LogP contribution in [0.5, 0.6) is 0 Å². The van der Waals surface area contributed by atoms with E-state index in [0.29, 0.717) is 23.5 Å². The number of aryl methyl sites for hydroxylation is 2. The molecule has 6 heteroatoms. The molecule has 0 aliphatic heterocycles. The van der Waals surface area contributed by atoms with Crippen molar-refractivity contribution in [2.24, 2.45) is 0 Å². The first-order chi connectivity index (χ1) is 10.0. The van der Waals surface area contributed by atoms with Gasteiger partial charge in [-0.3, -0.25) is 9.48 Å². The highest BCUT2D eigenvalue weighted by Crippen LogP contribution is 2.14. The molecule has 1 atom stereocenters. The van der Waals surface area contributed by atoms with Gasteiger partial charge >= 0.3 is 5.97 Å². The van der Waals surface area contributed by atoms with Crippen LogP contribution < -0.4 is 5.32 Å². The molecule has 1 amide bonds. The summed E-state index contributed by atoms with van der Waals surface area (Å²) in [5.41, 5.74) is 1.60. The second-order valence-electron chi connectivity index (χ2n) is 4.64. The molecule has 2 rings (SSSR count). The van der Waals surface area contributed by atoms with E-state index in [4.69, 9.17) is 0 Å². The fourth-order valence-corrected chi connectivity index (χ4v) is 2.11. The van der Waals surface area contributed by atoms with E-state index in [9.17, 15) is 14.7 Å². The molecule has 2 N–H and O–H groups in total. The summed E-state index contributed by atoms with van der Waals surface area (Å²) in [4.78, 5) is 23.7. The molecule has 2 aromatic rings. The van der Waals surface area contributed by atoms with Crippen LogP contribution in [0.2, 0.25) is 0 Å². The molecule has 0 saturated carbocycles. The molecule has 1 heterocycles. The first-order valence-electron chi connectivity index (χ1n) is 6.66. The number of carbonyl (C=O) groups is 2. The van der Waals surface area contributed by atoms with E-state index in [1.807, 2.05) is 6.92 Å². The van der Waals surface area contributed by atoms with Crippen LogP contribution in [0.25, 0.3) is 0 Å². The number of amides is 1. The normalized spacial score (nSPS) is 11.9. The Morgan fingerprint density at radius 2 is 2.00 bits per heavy atom. The van der Waals surface area contributed by atoms with Crippen molar-refractivity contribution >= 4 is 11.9 Å². The molecule has 0 fully saturated rings. The lowest BCUT2D eigenvalue weighted by molar-refractivity contribution is -0.139. The zero-order valence-electron chi connectivity index (χ0n) is 11.9. The van der Waals surface area contributed by atoms with Crippen LogP contribution in [0.4, 0.5) is 0 Å². The Hall–Kier alpha value is -2.63. The number of carbonyl (C=O) groups excluding carboxylic acids is 1. The molecule has 1 aromatic carbocycles. The second kappa shape index (κ2) is 6.21. The first-order valence-corrected chi connectivity index (χ1v) is 6.66. The van der Waals surface area contributed by atoms with Gasteiger partial charge in [-0.25, -0.2) is 4.79 Å². The minimum absolute atomic E-state index is 0.359. The van der Waals surface area contributed by atoms with Crippen LogP contribution in [0.3, 0.4) is 0 Å². The molecule has 0 aliphatic rings. The number of aliphatic carboxylic acids is 1. The monoisotopic (exact) mass is 287 g/mol. The molecule has 0 unspecified atom stereocenters. The summed E-state index contributed by atoms with van der Waals surface area (Å²) < 4.78 is 1.55. The number of rotatable bonds is 5. The fraction of sp³-hybridized carbons (Fsp3) is 0.267. The van der Waals surface area contributed by atoms with Gasteiger partial charge < -0.3 is 10.4 Å².